The number of nitrogens with one attached hydrogen (secondary N) is 2. The van der Waals surface area contributed by atoms with Gasteiger partial charge in [0.05, 0.1) is 13.2 Å². The summed E-state index contributed by atoms with van der Waals surface area (Å²) in [5.74, 6) is 3.46. The van der Waals surface area contributed by atoms with E-state index in [0.717, 1.165) is 49.1 Å². The highest BCUT2D eigenvalue weighted by molar-refractivity contribution is 5.79. The second-order valence-corrected chi connectivity index (χ2v) is 7.76. The number of fused-ring (bicyclic) bond motifs is 1. The lowest BCUT2D eigenvalue weighted by molar-refractivity contribution is 0.254. The summed E-state index contributed by atoms with van der Waals surface area (Å²) in [4.78, 5) is 7.33. The summed E-state index contributed by atoms with van der Waals surface area (Å²) in [5.41, 5.74) is 2.31. The quantitative estimate of drug-likeness (QED) is 0.530. The van der Waals surface area contributed by atoms with E-state index in [1.165, 1.54) is 25.1 Å². The SMILES string of the molecule is CCNC(=NCc1cc2c(cc1OCC)CC(C)O2)NCC1CCN(CC)C1. The number of benzene rings is 1. The van der Waals surface area contributed by atoms with E-state index in [-0.39, 0.29) is 6.10 Å². The van der Waals surface area contributed by atoms with Crippen LogP contribution in [0.25, 0.3) is 0 Å². The molecule has 0 aromatic heterocycles. The largest absolute Gasteiger partial charge is 0.494 e. The maximum Gasteiger partial charge on any atom is 0.191 e. The number of hydrogen-bond acceptors (Lipinski definition) is 4. The van der Waals surface area contributed by atoms with Gasteiger partial charge in [0.15, 0.2) is 5.96 Å². The van der Waals surface area contributed by atoms with Crippen LogP contribution in [-0.4, -0.2) is 56.3 Å². The average Bonchev–Trinajstić information content (AvgIpc) is 3.29. The van der Waals surface area contributed by atoms with Crippen LogP contribution in [0.3, 0.4) is 0 Å². The van der Waals surface area contributed by atoms with Crippen molar-refractivity contribution in [3.8, 4) is 11.5 Å². The number of nitrogens with zero attached hydrogens (tertiary/aromatic N) is 2. The predicted octanol–water partition coefficient (Wildman–Crippen LogP) is 2.81. The number of aliphatic imine (C=N–C) groups is 1. The summed E-state index contributed by atoms with van der Waals surface area (Å²) in [6.07, 6.45) is 2.44. The molecule has 1 aromatic carbocycles. The van der Waals surface area contributed by atoms with Gasteiger partial charge >= 0.3 is 0 Å². The number of guanidine groups is 1. The van der Waals surface area contributed by atoms with Crippen molar-refractivity contribution in [3.05, 3.63) is 23.3 Å². The van der Waals surface area contributed by atoms with Crippen LogP contribution >= 0.6 is 0 Å². The normalized spacial score (nSPS) is 22.1. The molecule has 1 saturated heterocycles. The molecule has 0 radical (unpaired) electrons. The molecule has 2 aliphatic rings. The van der Waals surface area contributed by atoms with Gasteiger partial charge in [-0.2, -0.15) is 0 Å². The Hall–Kier alpha value is -1.95. The number of hydrogen-bond donors (Lipinski definition) is 2. The van der Waals surface area contributed by atoms with Crippen molar-refractivity contribution < 1.29 is 9.47 Å². The van der Waals surface area contributed by atoms with Gasteiger partial charge in [0.25, 0.3) is 0 Å². The van der Waals surface area contributed by atoms with E-state index in [1.54, 1.807) is 0 Å². The standard InChI is InChI=1S/C22H36N4O2/c1-5-23-22(24-13-17-8-9-26(6-2)15-17)25-14-19-12-21-18(10-16(4)28-21)11-20(19)27-7-3/h11-12,16-17H,5-10,13-15H2,1-4H3,(H2,23,24,25). The fourth-order valence-electron chi connectivity index (χ4n) is 4.01. The lowest BCUT2D eigenvalue weighted by atomic mass is 10.1. The second kappa shape index (κ2) is 10.0. The molecular formula is C22H36N4O2. The summed E-state index contributed by atoms with van der Waals surface area (Å²) >= 11 is 0. The first-order valence-corrected chi connectivity index (χ1v) is 10.8. The van der Waals surface area contributed by atoms with Gasteiger partial charge in [0, 0.05) is 37.2 Å². The molecule has 0 aliphatic carbocycles. The molecule has 0 saturated carbocycles. The van der Waals surface area contributed by atoms with Crippen molar-refractivity contribution in [1.29, 1.82) is 0 Å². The van der Waals surface area contributed by atoms with Crippen LogP contribution in [0.4, 0.5) is 0 Å². The van der Waals surface area contributed by atoms with Gasteiger partial charge in [0.1, 0.15) is 17.6 Å². The van der Waals surface area contributed by atoms with Gasteiger partial charge in [-0.3, -0.25) is 0 Å². The monoisotopic (exact) mass is 388 g/mol. The van der Waals surface area contributed by atoms with E-state index in [2.05, 4.69) is 48.4 Å². The van der Waals surface area contributed by atoms with Crippen LogP contribution in [0.5, 0.6) is 11.5 Å². The summed E-state index contributed by atoms with van der Waals surface area (Å²) in [5, 5.41) is 6.89. The van der Waals surface area contributed by atoms with Crippen LogP contribution in [0.1, 0.15) is 45.2 Å². The minimum absolute atomic E-state index is 0.233. The Labute approximate surface area is 169 Å². The first kappa shape index (κ1) is 20.8. The maximum atomic E-state index is 5.93. The molecule has 0 spiro atoms. The van der Waals surface area contributed by atoms with E-state index in [1.807, 2.05) is 6.92 Å². The van der Waals surface area contributed by atoms with Gasteiger partial charge in [-0.25, -0.2) is 4.99 Å². The molecule has 1 fully saturated rings. The Kier molecular flexibility index (Phi) is 7.43. The van der Waals surface area contributed by atoms with Gasteiger partial charge < -0.3 is 25.0 Å². The third-order valence-corrected chi connectivity index (χ3v) is 5.51. The summed E-state index contributed by atoms with van der Waals surface area (Å²) in [7, 11) is 0. The van der Waals surface area contributed by atoms with Crippen LogP contribution in [0.15, 0.2) is 17.1 Å². The van der Waals surface area contributed by atoms with Gasteiger partial charge in [-0.1, -0.05) is 6.92 Å². The van der Waals surface area contributed by atoms with Gasteiger partial charge in [-0.05, 0) is 58.3 Å². The first-order valence-electron chi connectivity index (χ1n) is 10.8. The third kappa shape index (κ3) is 5.31. The zero-order valence-corrected chi connectivity index (χ0v) is 17.9. The Bertz CT molecular complexity index is 677. The molecule has 1 aromatic rings. The summed E-state index contributed by atoms with van der Waals surface area (Å²) < 4.78 is 11.8. The smallest absolute Gasteiger partial charge is 0.191 e. The van der Waals surface area contributed by atoms with E-state index in [9.17, 15) is 0 Å². The molecule has 0 amide bonds. The highest BCUT2D eigenvalue weighted by Gasteiger charge is 2.22. The Morgan fingerprint density at radius 3 is 2.86 bits per heavy atom. The van der Waals surface area contributed by atoms with Crippen molar-refractivity contribution in [2.45, 2.75) is 53.2 Å². The molecule has 0 bridgehead atoms. The van der Waals surface area contributed by atoms with Crippen LogP contribution in [0, 0.1) is 5.92 Å². The molecule has 2 N–H and O–H groups in total. The molecule has 2 unspecified atom stereocenters. The molecule has 2 heterocycles. The van der Waals surface area contributed by atoms with E-state index >= 15 is 0 Å². The maximum absolute atomic E-state index is 5.93. The van der Waals surface area contributed by atoms with Crippen LogP contribution in [-0.2, 0) is 13.0 Å². The zero-order chi connectivity index (χ0) is 19.9. The summed E-state index contributed by atoms with van der Waals surface area (Å²) in [6, 6.07) is 4.23. The molecule has 2 aliphatic heterocycles. The zero-order valence-electron chi connectivity index (χ0n) is 17.9. The number of likely N-dealkylation sites (tertiary alicyclic amines) is 1. The van der Waals surface area contributed by atoms with Crippen molar-refractivity contribution in [2.75, 3.05) is 39.3 Å². The van der Waals surface area contributed by atoms with E-state index in [0.29, 0.717) is 19.1 Å². The number of ether oxygens (including phenoxy) is 2. The summed E-state index contributed by atoms with van der Waals surface area (Å²) in [6.45, 7) is 15.0. The molecule has 6 nitrogen and oxygen atoms in total. The second-order valence-electron chi connectivity index (χ2n) is 7.76. The lowest BCUT2D eigenvalue weighted by Crippen LogP contribution is -2.40. The molecule has 3 rings (SSSR count). The van der Waals surface area contributed by atoms with Crippen molar-refractivity contribution >= 4 is 5.96 Å². The minimum atomic E-state index is 0.233. The first-order chi connectivity index (χ1) is 13.6. The Morgan fingerprint density at radius 1 is 1.29 bits per heavy atom. The minimum Gasteiger partial charge on any atom is -0.494 e. The van der Waals surface area contributed by atoms with Gasteiger partial charge in [0.2, 0.25) is 0 Å². The topological polar surface area (TPSA) is 58.1 Å². The van der Waals surface area contributed by atoms with E-state index in [4.69, 9.17) is 14.5 Å². The Morgan fingerprint density at radius 2 is 2.14 bits per heavy atom. The average molecular weight is 389 g/mol. The Balaban J connectivity index is 1.66. The predicted molar refractivity (Wildman–Crippen MR) is 114 cm³/mol. The van der Waals surface area contributed by atoms with Crippen LogP contribution < -0.4 is 20.1 Å². The molecule has 2 atom stereocenters. The highest BCUT2D eigenvalue weighted by atomic mass is 16.5. The lowest BCUT2D eigenvalue weighted by Gasteiger charge is -2.17. The fraction of sp³-hybridized carbons (Fsp3) is 0.682. The van der Waals surface area contributed by atoms with Crippen LogP contribution in [0.2, 0.25) is 0 Å². The third-order valence-electron chi connectivity index (χ3n) is 5.51. The fourth-order valence-corrected chi connectivity index (χ4v) is 4.01. The highest BCUT2D eigenvalue weighted by Crippen LogP contribution is 2.35. The molecule has 28 heavy (non-hydrogen) atoms. The van der Waals surface area contributed by atoms with Gasteiger partial charge in [-0.15, -0.1) is 0 Å². The van der Waals surface area contributed by atoms with E-state index < -0.39 is 0 Å². The van der Waals surface area contributed by atoms with Crippen molar-refractivity contribution in [1.82, 2.24) is 15.5 Å². The molecular weight excluding hydrogens is 352 g/mol. The number of rotatable bonds is 8. The van der Waals surface area contributed by atoms with Crippen molar-refractivity contribution in [2.24, 2.45) is 10.9 Å². The van der Waals surface area contributed by atoms with Crippen molar-refractivity contribution in [3.63, 3.8) is 0 Å². The molecule has 6 heteroatoms. The molecule has 156 valence electrons.